The van der Waals surface area contributed by atoms with E-state index < -0.39 is 7.12 Å². The van der Waals surface area contributed by atoms with Crippen LogP contribution in [0.3, 0.4) is 0 Å². The molecule has 1 aromatic heterocycles. The summed E-state index contributed by atoms with van der Waals surface area (Å²) in [5.74, 6) is 0.158. The van der Waals surface area contributed by atoms with Crippen molar-refractivity contribution < 1.29 is 15.2 Å². The van der Waals surface area contributed by atoms with Crippen molar-refractivity contribution in [2.45, 2.75) is 4.90 Å². The van der Waals surface area contributed by atoms with E-state index in [1.807, 2.05) is 0 Å². The number of thiophene rings is 1. The summed E-state index contributed by atoms with van der Waals surface area (Å²) in [6, 6.07) is 4.82. The first kappa shape index (κ1) is 9.85. The predicted molar refractivity (Wildman–Crippen MR) is 60.6 cm³/mol. The molecule has 0 radical (unpaired) electrons. The Kier molecular flexibility index (Phi) is 2.44. The highest BCUT2D eigenvalue weighted by Gasteiger charge is 2.19. The predicted octanol–water partition coefficient (Wildman–Crippen LogP) is 0.575. The average molecular weight is 226 g/mol. The molecule has 6 heteroatoms. The van der Waals surface area contributed by atoms with Gasteiger partial charge in [-0.15, -0.1) is 24.0 Å². The zero-order chi connectivity index (χ0) is 10.3. The fourth-order valence-corrected chi connectivity index (χ4v) is 2.80. The lowest BCUT2D eigenvalue weighted by molar-refractivity contribution is 0.426. The van der Waals surface area contributed by atoms with Gasteiger partial charge in [-0.1, -0.05) is 0 Å². The Bertz CT molecular complexity index is 481. The number of hydrogen-bond donors (Lipinski definition) is 4. The molecule has 2 aromatic rings. The van der Waals surface area contributed by atoms with Crippen LogP contribution in [0.4, 0.5) is 0 Å². The molecule has 0 aliphatic carbocycles. The number of benzene rings is 1. The van der Waals surface area contributed by atoms with Gasteiger partial charge in [-0.25, -0.2) is 0 Å². The number of fused-ring (bicyclic) bond motifs is 1. The molecular formula is C8H7BO3S2. The monoisotopic (exact) mass is 226 g/mol. The Morgan fingerprint density at radius 3 is 2.64 bits per heavy atom. The lowest BCUT2D eigenvalue weighted by Crippen LogP contribution is -2.27. The van der Waals surface area contributed by atoms with Crippen LogP contribution in [-0.4, -0.2) is 22.3 Å². The maximum Gasteiger partial charge on any atom is 0.500 e. The van der Waals surface area contributed by atoms with E-state index in [9.17, 15) is 5.11 Å². The highest BCUT2D eigenvalue weighted by molar-refractivity contribution is 7.81. The Labute approximate surface area is 90.2 Å². The van der Waals surface area contributed by atoms with Gasteiger partial charge in [-0.3, -0.25) is 0 Å². The number of rotatable bonds is 1. The van der Waals surface area contributed by atoms with Crippen LogP contribution in [0.15, 0.2) is 23.1 Å². The Morgan fingerprint density at radius 2 is 2.00 bits per heavy atom. The molecule has 2 rings (SSSR count). The number of phenols is 1. The van der Waals surface area contributed by atoms with Crippen molar-refractivity contribution in [3.63, 3.8) is 0 Å². The van der Waals surface area contributed by atoms with Gasteiger partial charge >= 0.3 is 7.12 Å². The molecule has 3 N–H and O–H groups in total. The number of phenolic OH excluding ortho intramolecular Hbond substituents is 1. The molecule has 72 valence electrons. The minimum atomic E-state index is -1.51. The van der Waals surface area contributed by atoms with Crippen molar-refractivity contribution in [2.24, 2.45) is 0 Å². The van der Waals surface area contributed by atoms with E-state index >= 15 is 0 Å². The lowest BCUT2D eigenvalue weighted by Gasteiger charge is -1.94. The number of aromatic hydroxyl groups is 1. The highest BCUT2D eigenvalue weighted by atomic mass is 32.1. The standard InChI is InChI=1S/C8H7BO3S2/c10-4-1-2-5-6(3-4)14-8(7(5)13)9(11)12/h1-3,10-13H. The molecule has 14 heavy (non-hydrogen) atoms. The second kappa shape index (κ2) is 3.47. The fourth-order valence-electron chi connectivity index (χ4n) is 1.27. The minimum absolute atomic E-state index is 0.158. The van der Waals surface area contributed by atoms with Crippen molar-refractivity contribution in [1.29, 1.82) is 0 Å². The third kappa shape index (κ3) is 1.50. The molecule has 0 aliphatic heterocycles. The van der Waals surface area contributed by atoms with Gasteiger partial charge in [-0.2, -0.15) is 0 Å². The van der Waals surface area contributed by atoms with Crippen LogP contribution >= 0.6 is 24.0 Å². The van der Waals surface area contributed by atoms with Gasteiger partial charge in [0.15, 0.2) is 0 Å². The zero-order valence-electron chi connectivity index (χ0n) is 7.01. The summed E-state index contributed by atoms with van der Waals surface area (Å²) in [6.07, 6.45) is 0. The highest BCUT2D eigenvalue weighted by Crippen LogP contribution is 2.29. The lowest BCUT2D eigenvalue weighted by atomic mass is 9.89. The van der Waals surface area contributed by atoms with E-state index in [1.165, 1.54) is 11.3 Å². The first-order valence-corrected chi connectivity index (χ1v) is 5.16. The molecule has 0 aliphatic rings. The van der Waals surface area contributed by atoms with Gasteiger partial charge in [-0.05, 0) is 18.2 Å². The molecule has 0 saturated carbocycles. The zero-order valence-corrected chi connectivity index (χ0v) is 8.72. The summed E-state index contributed by atoms with van der Waals surface area (Å²) in [4.78, 5) is 0.556. The van der Waals surface area contributed by atoms with E-state index in [0.717, 1.165) is 10.1 Å². The van der Waals surface area contributed by atoms with Crippen molar-refractivity contribution in [3.8, 4) is 5.75 Å². The summed E-state index contributed by atoms with van der Waals surface area (Å²) in [5, 5.41) is 28.1. The van der Waals surface area contributed by atoms with Crippen molar-refractivity contribution in [3.05, 3.63) is 18.2 Å². The first-order valence-electron chi connectivity index (χ1n) is 3.90. The molecular weight excluding hydrogens is 219 g/mol. The van der Waals surface area contributed by atoms with Crippen molar-refractivity contribution >= 4 is 45.9 Å². The molecule has 0 bridgehead atoms. The van der Waals surface area contributed by atoms with E-state index in [4.69, 9.17) is 10.0 Å². The summed E-state index contributed by atoms with van der Waals surface area (Å²) < 4.78 is 1.19. The number of hydrogen-bond acceptors (Lipinski definition) is 5. The van der Waals surface area contributed by atoms with Crippen LogP contribution in [0.25, 0.3) is 10.1 Å². The quantitative estimate of drug-likeness (QED) is 0.425. The van der Waals surface area contributed by atoms with E-state index in [1.54, 1.807) is 18.2 Å². The van der Waals surface area contributed by atoms with Crippen LogP contribution in [0.1, 0.15) is 0 Å². The largest absolute Gasteiger partial charge is 0.508 e. The van der Waals surface area contributed by atoms with Gasteiger partial charge in [0.05, 0.1) is 0 Å². The van der Waals surface area contributed by atoms with Crippen LogP contribution in [0.5, 0.6) is 5.75 Å². The Morgan fingerprint density at radius 1 is 1.29 bits per heavy atom. The van der Waals surface area contributed by atoms with Gasteiger partial charge in [0, 0.05) is 19.8 Å². The smallest absolute Gasteiger partial charge is 0.500 e. The Hall–Kier alpha value is -0.685. The van der Waals surface area contributed by atoms with Gasteiger partial charge in [0.25, 0.3) is 0 Å². The van der Waals surface area contributed by atoms with Crippen LogP contribution in [0, 0.1) is 0 Å². The van der Waals surface area contributed by atoms with Crippen molar-refractivity contribution in [2.75, 3.05) is 0 Å². The molecule has 0 unspecified atom stereocenters. The Balaban J connectivity index is 2.73. The fraction of sp³-hybridized carbons (Fsp3) is 0. The molecule has 0 fully saturated rings. The van der Waals surface area contributed by atoms with Crippen LogP contribution in [0.2, 0.25) is 0 Å². The molecule has 0 saturated heterocycles. The molecule has 1 aromatic carbocycles. The minimum Gasteiger partial charge on any atom is -0.508 e. The molecule has 3 nitrogen and oxygen atoms in total. The van der Waals surface area contributed by atoms with E-state index in [-0.39, 0.29) is 5.75 Å². The molecule has 0 amide bonds. The molecule has 1 heterocycles. The van der Waals surface area contributed by atoms with E-state index in [2.05, 4.69) is 12.6 Å². The summed E-state index contributed by atoms with van der Waals surface area (Å²) in [5.41, 5.74) is 0. The van der Waals surface area contributed by atoms with Crippen LogP contribution in [-0.2, 0) is 0 Å². The molecule has 0 atom stereocenters. The van der Waals surface area contributed by atoms with Gasteiger partial charge in [0.2, 0.25) is 0 Å². The van der Waals surface area contributed by atoms with Gasteiger partial charge < -0.3 is 15.2 Å². The maximum absolute atomic E-state index is 9.23. The average Bonchev–Trinajstić information content (AvgIpc) is 2.43. The topological polar surface area (TPSA) is 60.7 Å². The SMILES string of the molecule is OB(O)c1sc2cc(O)ccc2c1S. The number of thiol groups is 1. The maximum atomic E-state index is 9.23. The van der Waals surface area contributed by atoms with E-state index in [0.29, 0.717) is 9.67 Å². The third-order valence-electron chi connectivity index (χ3n) is 1.91. The summed E-state index contributed by atoms with van der Waals surface area (Å²) in [7, 11) is -1.51. The summed E-state index contributed by atoms with van der Waals surface area (Å²) >= 11 is 5.41. The molecule has 0 spiro atoms. The second-order valence-corrected chi connectivity index (χ2v) is 4.40. The van der Waals surface area contributed by atoms with Crippen LogP contribution < -0.4 is 4.78 Å². The normalized spacial score (nSPS) is 10.8. The van der Waals surface area contributed by atoms with Gasteiger partial charge in [0.1, 0.15) is 5.75 Å². The van der Waals surface area contributed by atoms with Crippen molar-refractivity contribution in [1.82, 2.24) is 0 Å². The summed E-state index contributed by atoms with van der Waals surface area (Å²) in [6.45, 7) is 0. The first-order chi connectivity index (χ1) is 6.59. The third-order valence-corrected chi connectivity index (χ3v) is 3.73. The second-order valence-electron chi connectivity index (χ2n) is 2.87.